The molecule has 0 bridgehead atoms. The van der Waals surface area contributed by atoms with Gasteiger partial charge in [0.05, 0.1) is 6.20 Å². The Balaban J connectivity index is 2.05. The Labute approximate surface area is 114 Å². The molecule has 0 spiro atoms. The smallest absolute Gasteiger partial charge is 0.332 e. The lowest BCUT2D eigenvalue weighted by Crippen LogP contribution is -2.19. The monoisotopic (exact) mass is 281 g/mol. The van der Waals surface area contributed by atoms with Crippen molar-refractivity contribution in [2.45, 2.75) is 19.6 Å². The zero-order valence-corrected chi connectivity index (χ0v) is 10.9. The summed E-state index contributed by atoms with van der Waals surface area (Å²) in [6, 6.07) is 7.17. The maximum atomic E-state index is 10.6. The van der Waals surface area contributed by atoms with E-state index < -0.39 is 12.1 Å². The number of ether oxygens (including phenoxy) is 1. The van der Waals surface area contributed by atoms with Gasteiger partial charge in [-0.2, -0.15) is 0 Å². The van der Waals surface area contributed by atoms with E-state index in [-0.39, 0.29) is 6.61 Å². The molecule has 0 saturated heterocycles. The number of rotatable bonds is 5. The summed E-state index contributed by atoms with van der Waals surface area (Å²) >= 11 is 5.89. The molecule has 1 heterocycles. The largest absolute Gasteiger partial charge is 0.479 e. The van der Waals surface area contributed by atoms with Crippen LogP contribution >= 0.6 is 11.6 Å². The van der Waals surface area contributed by atoms with E-state index >= 15 is 0 Å². The van der Waals surface area contributed by atoms with Crippen molar-refractivity contribution >= 4 is 17.6 Å². The van der Waals surface area contributed by atoms with E-state index in [9.17, 15) is 4.79 Å². The van der Waals surface area contributed by atoms with Gasteiger partial charge in [0, 0.05) is 10.6 Å². The number of carboxylic acid groups (broad SMARTS) is 1. The summed E-state index contributed by atoms with van der Waals surface area (Å²) < 4.78 is 10.5. The van der Waals surface area contributed by atoms with E-state index in [1.165, 1.54) is 6.92 Å². The maximum Gasteiger partial charge on any atom is 0.332 e. The zero-order valence-electron chi connectivity index (χ0n) is 10.2. The van der Waals surface area contributed by atoms with Crippen LogP contribution < -0.4 is 0 Å². The van der Waals surface area contributed by atoms with Crippen molar-refractivity contribution in [2.24, 2.45) is 0 Å². The first-order chi connectivity index (χ1) is 9.06. The van der Waals surface area contributed by atoms with Crippen molar-refractivity contribution in [1.82, 2.24) is 4.98 Å². The topological polar surface area (TPSA) is 72.6 Å². The van der Waals surface area contributed by atoms with Crippen LogP contribution in [0.3, 0.4) is 0 Å². The summed E-state index contributed by atoms with van der Waals surface area (Å²) in [5.74, 6) is -0.145. The van der Waals surface area contributed by atoms with Crippen molar-refractivity contribution < 1.29 is 19.1 Å². The SMILES string of the molecule is CC(OCc1ncc(-c2cccc(Cl)c2)o1)C(=O)O. The Morgan fingerprint density at radius 2 is 2.37 bits per heavy atom. The first-order valence-corrected chi connectivity index (χ1v) is 5.99. The van der Waals surface area contributed by atoms with Crippen LogP contribution in [0.5, 0.6) is 0 Å². The number of carbonyl (C=O) groups is 1. The van der Waals surface area contributed by atoms with Gasteiger partial charge in [0.15, 0.2) is 11.9 Å². The molecule has 100 valence electrons. The lowest BCUT2D eigenvalue weighted by atomic mass is 10.2. The first-order valence-electron chi connectivity index (χ1n) is 5.61. The van der Waals surface area contributed by atoms with Crippen LogP contribution in [-0.2, 0) is 16.1 Å². The molecule has 0 amide bonds. The van der Waals surface area contributed by atoms with Crippen LogP contribution in [0.2, 0.25) is 5.02 Å². The third kappa shape index (κ3) is 3.56. The molecule has 0 aliphatic rings. The van der Waals surface area contributed by atoms with Gasteiger partial charge < -0.3 is 14.3 Å². The van der Waals surface area contributed by atoms with Gasteiger partial charge in [-0.15, -0.1) is 0 Å². The van der Waals surface area contributed by atoms with Gasteiger partial charge in [-0.05, 0) is 19.1 Å². The minimum atomic E-state index is -1.03. The maximum absolute atomic E-state index is 10.6. The molecule has 2 rings (SSSR count). The highest BCUT2D eigenvalue weighted by Crippen LogP contribution is 2.23. The summed E-state index contributed by atoms with van der Waals surface area (Å²) in [6.07, 6.45) is 0.650. The van der Waals surface area contributed by atoms with Gasteiger partial charge in [0.2, 0.25) is 5.89 Å². The second-order valence-electron chi connectivity index (χ2n) is 3.92. The molecule has 1 atom stereocenters. The number of oxazole rings is 1. The minimum absolute atomic E-state index is 0.00797. The van der Waals surface area contributed by atoms with E-state index in [0.29, 0.717) is 16.7 Å². The molecule has 1 unspecified atom stereocenters. The molecule has 2 aromatic rings. The molecule has 0 radical (unpaired) electrons. The lowest BCUT2D eigenvalue weighted by molar-refractivity contribution is -0.150. The van der Waals surface area contributed by atoms with Crippen LogP contribution in [0, 0.1) is 0 Å². The molecule has 1 aromatic carbocycles. The fraction of sp³-hybridized carbons (Fsp3) is 0.231. The summed E-state index contributed by atoms with van der Waals surface area (Å²) in [4.78, 5) is 14.6. The third-order valence-corrected chi connectivity index (χ3v) is 2.70. The van der Waals surface area contributed by atoms with Crippen molar-refractivity contribution in [3.63, 3.8) is 0 Å². The number of hydrogen-bond donors (Lipinski definition) is 1. The standard InChI is InChI=1S/C13H12ClNO4/c1-8(13(16)17)18-7-12-15-6-11(19-12)9-3-2-4-10(14)5-9/h2-6,8H,7H2,1H3,(H,16,17). The highest BCUT2D eigenvalue weighted by molar-refractivity contribution is 6.30. The van der Waals surface area contributed by atoms with Gasteiger partial charge in [-0.3, -0.25) is 0 Å². The van der Waals surface area contributed by atoms with Crippen molar-refractivity contribution in [3.05, 3.63) is 41.4 Å². The van der Waals surface area contributed by atoms with Gasteiger partial charge in [-0.25, -0.2) is 9.78 Å². The Morgan fingerprint density at radius 3 is 3.05 bits per heavy atom. The molecular formula is C13H12ClNO4. The fourth-order valence-corrected chi connectivity index (χ4v) is 1.61. The highest BCUT2D eigenvalue weighted by Gasteiger charge is 2.13. The summed E-state index contributed by atoms with van der Waals surface area (Å²) in [5.41, 5.74) is 0.803. The molecule has 6 heteroatoms. The molecule has 0 aliphatic heterocycles. The third-order valence-electron chi connectivity index (χ3n) is 2.47. The normalized spacial score (nSPS) is 12.3. The van der Waals surface area contributed by atoms with E-state index in [1.54, 1.807) is 18.3 Å². The van der Waals surface area contributed by atoms with Gasteiger partial charge >= 0.3 is 5.97 Å². The summed E-state index contributed by atoms with van der Waals surface area (Å²) in [6.45, 7) is 1.46. The average Bonchev–Trinajstić information content (AvgIpc) is 2.84. The Kier molecular flexibility index (Phi) is 4.19. The average molecular weight is 282 g/mol. The number of hydrogen-bond acceptors (Lipinski definition) is 4. The second-order valence-corrected chi connectivity index (χ2v) is 4.36. The molecule has 0 fully saturated rings. The molecule has 0 saturated carbocycles. The number of halogens is 1. The van der Waals surface area contributed by atoms with Gasteiger partial charge in [0.25, 0.3) is 0 Å². The lowest BCUT2D eigenvalue weighted by Gasteiger charge is -2.05. The van der Waals surface area contributed by atoms with Crippen LogP contribution in [0.25, 0.3) is 11.3 Å². The van der Waals surface area contributed by atoms with E-state index in [2.05, 4.69) is 4.98 Å². The highest BCUT2D eigenvalue weighted by atomic mass is 35.5. The molecule has 19 heavy (non-hydrogen) atoms. The molecular weight excluding hydrogens is 270 g/mol. The van der Waals surface area contributed by atoms with E-state index in [1.807, 2.05) is 12.1 Å². The molecule has 5 nitrogen and oxygen atoms in total. The number of carboxylic acids is 1. The molecule has 1 aromatic heterocycles. The predicted molar refractivity (Wildman–Crippen MR) is 68.8 cm³/mol. The Bertz CT molecular complexity index is 582. The van der Waals surface area contributed by atoms with Gasteiger partial charge in [0.1, 0.15) is 6.61 Å². The van der Waals surface area contributed by atoms with E-state index in [4.69, 9.17) is 25.9 Å². The van der Waals surface area contributed by atoms with Crippen molar-refractivity contribution in [1.29, 1.82) is 0 Å². The number of aliphatic carboxylic acids is 1. The fourth-order valence-electron chi connectivity index (χ4n) is 1.42. The van der Waals surface area contributed by atoms with Crippen LogP contribution in [0.1, 0.15) is 12.8 Å². The number of aromatic nitrogens is 1. The first kappa shape index (κ1) is 13.6. The van der Waals surface area contributed by atoms with Crippen LogP contribution in [0.4, 0.5) is 0 Å². The molecule has 1 N–H and O–H groups in total. The zero-order chi connectivity index (χ0) is 13.8. The van der Waals surface area contributed by atoms with Crippen molar-refractivity contribution in [2.75, 3.05) is 0 Å². The van der Waals surface area contributed by atoms with Crippen LogP contribution in [-0.4, -0.2) is 22.2 Å². The van der Waals surface area contributed by atoms with Crippen LogP contribution in [0.15, 0.2) is 34.9 Å². The Morgan fingerprint density at radius 1 is 1.58 bits per heavy atom. The van der Waals surface area contributed by atoms with Gasteiger partial charge in [-0.1, -0.05) is 23.7 Å². The quantitative estimate of drug-likeness (QED) is 0.912. The predicted octanol–water partition coefficient (Wildman–Crippen LogP) is 2.98. The number of nitrogens with zero attached hydrogens (tertiary/aromatic N) is 1. The second kappa shape index (κ2) is 5.86. The minimum Gasteiger partial charge on any atom is -0.479 e. The van der Waals surface area contributed by atoms with E-state index in [0.717, 1.165) is 5.56 Å². The number of benzene rings is 1. The summed E-state index contributed by atoms with van der Waals surface area (Å²) in [5, 5.41) is 9.29. The van der Waals surface area contributed by atoms with Crippen molar-refractivity contribution in [3.8, 4) is 11.3 Å². The molecule has 0 aliphatic carbocycles. The summed E-state index contributed by atoms with van der Waals surface area (Å²) in [7, 11) is 0. The Hall–Kier alpha value is -1.85.